The van der Waals surface area contributed by atoms with Gasteiger partial charge in [0.2, 0.25) is 5.91 Å². The van der Waals surface area contributed by atoms with Gasteiger partial charge in [-0.05, 0) is 73.5 Å². The molecule has 0 aliphatic heterocycles. The number of carbonyl (C=O) groups is 1. The van der Waals surface area contributed by atoms with E-state index in [0.717, 1.165) is 23.2 Å². The SMILES string of the molecule is NC(=O)CC12CC3CC(C1)C1(CCC1)C(C3)C2. The topological polar surface area (TPSA) is 43.1 Å². The van der Waals surface area contributed by atoms with Crippen molar-refractivity contribution >= 4 is 5.91 Å². The minimum Gasteiger partial charge on any atom is -0.370 e. The minimum atomic E-state index is -0.0605. The number of amides is 1. The van der Waals surface area contributed by atoms with Gasteiger partial charge in [0.25, 0.3) is 0 Å². The highest BCUT2D eigenvalue weighted by Crippen LogP contribution is 2.72. The molecule has 5 fully saturated rings. The number of nitrogens with two attached hydrogens (primary N) is 1. The first-order chi connectivity index (χ1) is 8.12. The lowest BCUT2D eigenvalue weighted by Crippen LogP contribution is -2.60. The molecule has 94 valence electrons. The van der Waals surface area contributed by atoms with Crippen molar-refractivity contribution in [3.05, 3.63) is 0 Å². The highest BCUT2D eigenvalue weighted by Gasteiger charge is 2.63. The van der Waals surface area contributed by atoms with Crippen LogP contribution in [-0.2, 0) is 4.79 Å². The number of primary amides is 1. The van der Waals surface area contributed by atoms with E-state index in [4.69, 9.17) is 5.73 Å². The second kappa shape index (κ2) is 3.07. The van der Waals surface area contributed by atoms with Crippen molar-refractivity contribution in [3.63, 3.8) is 0 Å². The van der Waals surface area contributed by atoms with Gasteiger partial charge in [0.1, 0.15) is 0 Å². The standard InChI is InChI=1S/C15H23NO/c16-13(17)9-14-6-10-4-11(7-14)15(2-1-3-15)12(5-10)8-14/h10-12H,1-9H2,(H2,16,17). The predicted molar refractivity (Wildman–Crippen MR) is 66.1 cm³/mol. The predicted octanol–water partition coefficient (Wildman–Crippen LogP) is 2.86. The molecule has 1 spiro atoms. The third-order valence-electron chi connectivity index (χ3n) is 6.78. The average molecular weight is 233 g/mol. The van der Waals surface area contributed by atoms with Crippen LogP contribution < -0.4 is 5.73 Å². The van der Waals surface area contributed by atoms with Crippen molar-refractivity contribution < 1.29 is 4.79 Å². The van der Waals surface area contributed by atoms with Crippen LogP contribution in [0.2, 0.25) is 0 Å². The van der Waals surface area contributed by atoms with E-state index in [-0.39, 0.29) is 5.91 Å². The first-order valence-electron chi connectivity index (χ1n) is 7.40. The van der Waals surface area contributed by atoms with Crippen LogP contribution in [0.5, 0.6) is 0 Å². The fourth-order valence-corrected chi connectivity index (χ4v) is 6.34. The lowest BCUT2D eigenvalue weighted by atomic mass is 9.36. The molecule has 5 aliphatic rings. The molecule has 2 heteroatoms. The fourth-order valence-electron chi connectivity index (χ4n) is 6.34. The maximum atomic E-state index is 11.4. The van der Waals surface area contributed by atoms with Gasteiger partial charge in [-0.3, -0.25) is 4.79 Å². The van der Waals surface area contributed by atoms with E-state index < -0.39 is 0 Å². The molecule has 0 aromatic rings. The van der Waals surface area contributed by atoms with Gasteiger partial charge in [-0.25, -0.2) is 0 Å². The Morgan fingerprint density at radius 3 is 2.24 bits per heavy atom. The summed E-state index contributed by atoms with van der Waals surface area (Å²) in [4.78, 5) is 11.4. The molecule has 2 unspecified atom stereocenters. The zero-order chi connectivity index (χ0) is 11.7. The zero-order valence-electron chi connectivity index (χ0n) is 10.6. The normalized spacial score (nSPS) is 49.3. The molecule has 4 bridgehead atoms. The summed E-state index contributed by atoms with van der Waals surface area (Å²) in [5.41, 5.74) is 6.56. The van der Waals surface area contributed by atoms with Crippen molar-refractivity contribution in [2.75, 3.05) is 0 Å². The molecule has 0 radical (unpaired) electrons. The Kier molecular flexibility index (Phi) is 1.88. The van der Waals surface area contributed by atoms with Gasteiger partial charge in [-0.2, -0.15) is 0 Å². The summed E-state index contributed by atoms with van der Waals surface area (Å²) in [7, 11) is 0. The van der Waals surface area contributed by atoms with Crippen LogP contribution >= 0.6 is 0 Å². The third kappa shape index (κ3) is 1.25. The molecule has 1 amide bonds. The fraction of sp³-hybridized carbons (Fsp3) is 0.933. The molecule has 0 aromatic heterocycles. The van der Waals surface area contributed by atoms with Gasteiger partial charge >= 0.3 is 0 Å². The van der Waals surface area contributed by atoms with E-state index in [0.29, 0.717) is 11.8 Å². The molecule has 0 heterocycles. The number of carbonyl (C=O) groups excluding carboxylic acids is 1. The van der Waals surface area contributed by atoms with Crippen molar-refractivity contribution in [2.45, 2.75) is 57.8 Å². The van der Waals surface area contributed by atoms with E-state index >= 15 is 0 Å². The summed E-state index contributed by atoms with van der Waals surface area (Å²) in [6.07, 6.45) is 12.0. The van der Waals surface area contributed by atoms with Gasteiger partial charge < -0.3 is 5.73 Å². The van der Waals surface area contributed by atoms with Crippen molar-refractivity contribution in [2.24, 2.45) is 34.3 Å². The number of hydrogen-bond acceptors (Lipinski definition) is 1. The average Bonchev–Trinajstić information content (AvgIpc) is 2.10. The highest BCUT2D eigenvalue weighted by molar-refractivity contribution is 5.74. The largest absolute Gasteiger partial charge is 0.370 e. The second-order valence-corrected chi connectivity index (χ2v) is 7.57. The van der Waals surface area contributed by atoms with Crippen LogP contribution in [0.1, 0.15) is 57.8 Å². The Morgan fingerprint density at radius 1 is 1.12 bits per heavy atom. The first kappa shape index (κ1) is 10.4. The van der Waals surface area contributed by atoms with Crippen LogP contribution in [-0.4, -0.2) is 5.91 Å². The van der Waals surface area contributed by atoms with Crippen LogP contribution in [0.25, 0.3) is 0 Å². The van der Waals surface area contributed by atoms with Crippen LogP contribution in [0.3, 0.4) is 0 Å². The Hall–Kier alpha value is -0.530. The molecule has 2 atom stereocenters. The van der Waals surface area contributed by atoms with E-state index in [2.05, 4.69) is 0 Å². The van der Waals surface area contributed by atoms with E-state index in [1.54, 1.807) is 0 Å². The van der Waals surface area contributed by atoms with E-state index in [9.17, 15) is 4.79 Å². The maximum Gasteiger partial charge on any atom is 0.217 e. The summed E-state index contributed by atoms with van der Waals surface area (Å²) >= 11 is 0. The monoisotopic (exact) mass is 233 g/mol. The minimum absolute atomic E-state index is 0.0605. The van der Waals surface area contributed by atoms with Crippen LogP contribution in [0.15, 0.2) is 0 Å². The van der Waals surface area contributed by atoms with Crippen LogP contribution in [0, 0.1) is 28.6 Å². The Labute approximate surface area is 103 Å². The summed E-state index contributed by atoms with van der Waals surface area (Å²) in [6.45, 7) is 0. The van der Waals surface area contributed by atoms with Crippen LogP contribution in [0.4, 0.5) is 0 Å². The number of hydrogen-bond donors (Lipinski definition) is 1. The molecule has 17 heavy (non-hydrogen) atoms. The Balaban J connectivity index is 1.66. The van der Waals surface area contributed by atoms with Gasteiger partial charge in [0.15, 0.2) is 0 Å². The number of rotatable bonds is 2. The molecule has 5 aliphatic carbocycles. The van der Waals surface area contributed by atoms with Crippen molar-refractivity contribution in [3.8, 4) is 0 Å². The Morgan fingerprint density at radius 2 is 1.76 bits per heavy atom. The van der Waals surface area contributed by atoms with Gasteiger partial charge in [0.05, 0.1) is 0 Å². The summed E-state index contributed by atoms with van der Waals surface area (Å²) < 4.78 is 0. The Bertz CT molecular complexity index is 353. The van der Waals surface area contributed by atoms with Gasteiger partial charge in [-0.15, -0.1) is 0 Å². The lowest BCUT2D eigenvalue weighted by Gasteiger charge is -2.68. The molecular formula is C15H23NO. The highest BCUT2D eigenvalue weighted by atomic mass is 16.1. The third-order valence-corrected chi connectivity index (χ3v) is 6.78. The second-order valence-electron chi connectivity index (χ2n) is 7.57. The summed E-state index contributed by atoms with van der Waals surface area (Å²) in [5.74, 6) is 2.76. The quantitative estimate of drug-likeness (QED) is 0.783. The van der Waals surface area contributed by atoms with Gasteiger partial charge in [0, 0.05) is 6.42 Å². The molecule has 2 nitrogen and oxygen atoms in total. The molecule has 5 saturated carbocycles. The van der Waals surface area contributed by atoms with E-state index in [1.165, 1.54) is 51.4 Å². The molecule has 2 N–H and O–H groups in total. The molecular weight excluding hydrogens is 210 g/mol. The molecule has 0 saturated heterocycles. The van der Waals surface area contributed by atoms with Crippen molar-refractivity contribution in [1.82, 2.24) is 0 Å². The van der Waals surface area contributed by atoms with Gasteiger partial charge in [-0.1, -0.05) is 6.42 Å². The lowest BCUT2D eigenvalue weighted by molar-refractivity contribution is -0.187. The molecule has 5 rings (SSSR count). The maximum absolute atomic E-state index is 11.4. The zero-order valence-corrected chi connectivity index (χ0v) is 10.6. The van der Waals surface area contributed by atoms with Crippen molar-refractivity contribution in [1.29, 1.82) is 0 Å². The smallest absolute Gasteiger partial charge is 0.217 e. The summed E-state index contributed by atoms with van der Waals surface area (Å²) in [5, 5.41) is 0. The summed E-state index contributed by atoms with van der Waals surface area (Å²) in [6, 6.07) is 0. The molecule has 0 aromatic carbocycles. The first-order valence-corrected chi connectivity index (χ1v) is 7.40. The van der Waals surface area contributed by atoms with E-state index in [1.807, 2.05) is 0 Å².